The molecule has 0 aliphatic heterocycles. The Morgan fingerprint density at radius 3 is 2.80 bits per heavy atom. The highest BCUT2D eigenvalue weighted by atomic mass is 32.1. The molecule has 1 unspecified atom stereocenters. The lowest BCUT2D eigenvalue weighted by atomic mass is 10.1. The van der Waals surface area contributed by atoms with Crippen LogP contribution in [-0.2, 0) is 4.79 Å². The van der Waals surface area contributed by atoms with E-state index in [1.807, 2.05) is 17.5 Å². The summed E-state index contributed by atoms with van der Waals surface area (Å²) >= 11 is 1.64. The van der Waals surface area contributed by atoms with Crippen LogP contribution >= 0.6 is 11.3 Å². The molecule has 20 heavy (non-hydrogen) atoms. The van der Waals surface area contributed by atoms with E-state index in [9.17, 15) is 9.59 Å². The van der Waals surface area contributed by atoms with Crippen molar-refractivity contribution < 1.29 is 14.7 Å². The van der Waals surface area contributed by atoms with Gasteiger partial charge in [-0.05, 0) is 24.3 Å². The number of carbonyl (C=O) groups is 2. The molecule has 0 aliphatic carbocycles. The summed E-state index contributed by atoms with van der Waals surface area (Å²) in [5.74, 6) is -0.832. The fourth-order valence-electron chi connectivity index (χ4n) is 1.89. The minimum Gasteiger partial charge on any atom is -0.481 e. The van der Waals surface area contributed by atoms with E-state index < -0.39 is 5.97 Å². The largest absolute Gasteiger partial charge is 0.481 e. The van der Waals surface area contributed by atoms with Gasteiger partial charge in [0.1, 0.15) is 0 Å². The van der Waals surface area contributed by atoms with Crippen molar-refractivity contribution >= 4 is 23.3 Å². The molecular formula is C14H22N2O3S. The van der Waals surface area contributed by atoms with Crippen LogP contribution in [0.5, 0.6) is 0 Å². The number of thiophene rings is 1. The first-order chi connectivity index (χ1) is 9.54. The summed E-state index contributed by atoms with van der Waals surface area (Å²) in [6, 6.07) is 3.89. The molecule has 1 aromatic heterocycles. The van der Waals surface area contributed by atoms with Gasteiger partial charge in [0.05, 0.1) is 6.04 Å². The number of urea groups is 1. The molecule has 0 saturated carbocycles. The minimum atomic E-state index is -0.832. The number of rotatable bonds is 8. The number of hydrogen-bond acceptors (Lipinski definition) is 3. The van der Waals surface area contributed by atoms with Crippen LogP contribution in [0.1, 0.15) is 43.5 Å². The van der Waals surface area contributed by atoms with Crippen molar-refractivity contribution in [2.75, 3.05) is 13.6 Å². The van der Waals surface area contributed by atoms with Crippen LogP contribution in [0.25, 0.3) is 0 Å². The van der Waals surface area contributed by atoms with Gasteiger partial charge < -0.3 is 15.3 Å². The lowest BCUT2D eigenvalue weighted by Crippen LogP contribution is -2.39. The molecule has 112 valence electrons. The molecule has 0 radical (unpaired) electrons. The van der Waals surface area contributed by atoms with Crippen LogP contribution in [0.15, 0.2) is 17.5 Å². The SMILES string of the molecule is CCCC(NC(=O)N(C)CCCC(=O)O)c1cccs1. The van der Waals surface area contributed by atoms with Gasteiger partial charge in [-0.15, -0.1) is 11.3 Å². The molecule has 2 amide bonds. The summed E-state index contributed by atoms with van der Waals surface area (Å²) in [5.41, 5.74) is 0. The highest BCUT2D eigenvalue weighted by Gasteiger charge is 2.17. The van der Waals surface area contributed by atoms with Gasteiger partial charge in [-0.3, -0.25) is 4.79 Å². The van der Waals surface area contributed by atoms with Crippen molar-refractivity contribution in [3.05, 3.63) is 22.4 Å². The third-order valence-electron chi connectivity index (χ3n) is 2.99. The molecule has 1 heterocycles. The van der Waals surface area contributed by atoms with Crippen LogP contribution in [0.4, 0.5) is 4.79 Å². The van der Waals surface area contributed by atoms with Gasteiger partial charge in [0.25, 0.3) is 0 Å². The summed E-state index contributed by atoms with van der Waals surface area (Å²) in [7, 11) is 1.69. The average molecular weight is 298 g/mol. The molecule has 5 nitrogen and oxygen atoms in total. The lowest BCUT2D eigenvalue weighted by Gasteiger charge is -2.22. The Bertz CT molecular complexity index is 420. The molecule has 0 saturated heterocycles. The third-order valence-corrected chi connectivity index (χ3v) is 3.98. The van der Waals surface area contributed by atoms with E-state index in [-0.39, 0.29) is 18.5 Å². The van der Waals surface area contributed by atoms with Crippen molar-refractivity contribution in [2.45, 2.75) is 38.6 Å². The molecule has 0 aromatic carbocycles. The maximum Gasteiger partial charge on any atom is 0.317 e. The second kappa shape index (κ2) is 8.58. The number of hydrogen-bond donors (Lipinski definition) is 2. The molecule has 0 aliphatic rings. The van der Waals surface area contributed by atoms with Gasteiger partial charge >= 0.3 is 12.0 Å². The number of nitrogens with one attached hydrogen (secondary N) is 1. The molecule has 1 aromatic rings. The fourth-order valence-corrected chi connectivity index (χ4v) is 2.70. The Morgan fingerprint density at radius 2 is 2.25 bits per heavy atom. The van der Waals surface area contributed by atoms with E-state index in [2.05, 4.69) is 12.2 Å². The first kappa shape index (κ1) is 16.5. The Labute approximate surface area is 123 Å². The summed E-state index contributed by atoms with van der Waals surface area (Å²) in [6.45, 7) is 2.53. The monoisotopic (exact) mass is 298 g/mol. The number of carboxylic acids is 1. The summed E-state index contributed by atoms with van der Waals surface area (Å²) in [6.07, 6.45) is 2.44. The van der Waals surface area contributed by atoms with Crippen molar-refractivity contribution in [3.63, 3.8) is 0 Å². The second-order valence-corrected chi connectivity index (χ2v) is 5.70. The zero-order chi connectivity index (χ0) is 15.0. The topological polar surface area (TPSA) is 69.6 Å². The van der Waals surface area contributed by atoms with Crippen molar-refractivity contribution in [1.29, 1.82) is 0 Å². The molecule has 0 spiro atoms. The molecule has 2 N–H and O–H groups in total. The van der Waals surface area contributed by atoms with E-state index in [1.165, 1.54) is 0 Å². The average Bonchev–Trinajstić information content (AvgIpc) is 2.91. The predicted octanol–water partition coefficient (Wildman–Crippen LogP) is 3.10. The van der Waals surface area contributed by atoms with Crippen molar-refractivity contribution in [2.24, 2.45) is 0 Å². The molecule has 6 heteroatoms. The zero-order valence-corrected chi connectivity index (χ0v) is 12.8. The molecular weight excluding hydrogens is 276 g/mol. The smallest absolute Gasteiger partial charge is 0.317 e. The summed E-state index contributed by atoms with van der Waals surface area (Å²) in [5, 5.41) is 13.6. The Hall–Kier alpha value is -1.56. The van der Waals surface area contributed by atoms with Crippen molar-refractivity contribution in [3.8, 4) is 0 Å². The van der Waals surface area contributed by atoms with Gasteiger partial charge in [-0.2, -0.15) is 0 Å². The van der Waals surface area contributed by atoms with Crippen LogP contribution in [0.2, 0.25) is 0 Å². The zero-order valence-electron chi connectivity index (χ0n) is 12.0. The predicted molar refractivity (Wildman–Crippen MR) is 80.0 cm³/mol. The first-order valence-electron chi connectivity index (χ1n) is 6.81. The first-order valence-corrected chi connectivity index (χ1v) is 7.69. The quantitative estimate of drug-likeness (QED) is 0.775. The van der Waals surface area contributed by atoms with E-state index >= 15 is 0 Å². The van der Waals surface area contributed by atoms with Gasteiger partial charge in [-0.25, -0.2) is 4.79 Å². The van der Waals surface area contributed by atoms with Gasteiger partial charge in [0, 0.05) is 24.9 Å². The van der Waals surface area contributed by atoms with Crippen LogP contribution in [-0.4, -0.2) is 35.6 Å². The Kier molecular flexibility index (Phi) is 7.08. The van der Waals surface area contributed by atoms with Crippen molar-refractivity contribution in [1.82, 2.24) is 10.2 Å². The fraction of sp³-hybridized carbons (Fsp3) is 0.571. The van der Waals surface area contributed by atoms with E-state index in [1.54, 1.807) is 23.3 Å². The number of nitrogens with zero attached hydrogens (tertiary/aromatic N) is 1. The lowest BCUT2D eigenvalue weighted by molar-refractivity contribution is -0.137. The van der Waals surface area contributed by atoms with E-state index in [0.29, 0.717) is 13.0 Å². The van der Waals surface area contributed by atoms with Crippen LogP contribution in [0.3, 0.4) is 0 Å². The standard InChI is InChI=1S/C14H22N2O3S/c1-3-6-11(12-7-5-10-20-12)15-14(19)16(2)9-4-8-13(17)18/h5,7,10-11H,3-4,6,8-9H2,1-2H3,(H,15,19)(H,17,18). The van der Waals surface area contributed by atoms with Crippen LogP contribution in [0, 0.1) is 0 Å². The molecule has 1 atom stereocenters. The maximum atomic E-state index is 12.1. The molecule has 0 bridgehead atoms. The second-order valence-electron chi connectivity index (χ2n) is 4.73. The normalized spacial score (nSPS) is 11.9. The third kappa shape index (κ3) is 5.61. The Balaban J connectivity index is 2.47. The van der Waals surface area contributed by atoms with Gasteiger partial charge in [0.15, 0.2) is 0 Å². The number of amides is 2. The molecule has 0 fully saturated rings. The van der Waals surface area contributed by atoms with Gasteiger partial charge in [0.2, 0.25) is 0 Å². The van der Waals surface area contributed by atoms with E-state index in [0.717, 1.165) is 17.7 Å². The highest BCUT2D eigenvalue weighted by Crippen LogP contribution is 2.23. The number of carboxylic acid groups (broad SMARTS) is 1. The van der Waals surface area contributed by atoms with E-state index in [4.69, 9.17) is 5.11 Å². The Morgan fingerprint density at radius 1 is 1.50 bits per heavy atom. The molecule has 1 rings (SSSR count). The minimum absolute atomic E-state index is 0.0365. The summed E-state index contributed by atoms with van der Waals surface area (Å²) in [4.78, 5) is 25.2. The van der Waals surface area contributed by atoms with Gasteiger partial charge in [-0.1, -0.05) is 19.4 Å². The number of aliphatic carboxylic acids is 1. The number of carbonyl (C=O) groups excluding carboxylic acids is 1. The van der Waals surface area contributed by atoms with Crippen LogP contribution < -0.4 is 5.32 Å². The summed E-state index contributed by atoms with van der Waals surface area (Å²) < 4.78 is 0. The highest BCUT2D eigenvalue weighted by molar-refractivity contribution is 7.10. The maximum absolute atomic E-state index is 12.1.